The highest BCUT2D eigenvalue weighted by Gasteiger charge is 2.28. The third kappa shape index (κ3) is 7.21. The topological polar surface area (TPSA) is 87.3 Å². The van der Waals surface area contributed by atoms with E-state index in [0.717, 1.165) is 0 Å². The van der Waals surface area contributed by atoms with Gasteiger partial charge in [-0.25, -0.2) is 19.2 Å². The van der Waals surface area contributed by atoms with Crippen LogP contribution in [0.2, 0.25) is 0 Å². The quantitative estimate of drug-likeness (QED) is 0.523. The van der Waals surface area contributed by atoms with E-state index in [1.54, 1.807) is 18.0 Å². The number of nitriles is 1. The number of halogens is 1. The van der Waals surface area contributed by atoms with Crippen LogP contribution in [0.3, 0.4) is 0 Å². The van der Waals surface area contributed by atoms with Gasteiger partial charge in [0.15, 0.2) is 0 Å². The maximum atomic E-state index is 14.1. The lowest BCUT2D eigenvalue weighted by Crippen LogP contribution is -2.42. The number of carbonyl (C=O) groups is 1. The van der Waals surface area contributed by atoms with Gasteiger partial charge < -0.3 is 14.4 Å². The standard InChI is InChI=1S/C23H29FN4O3/c1-6-20(17-9-11-28(12-10-17)22(29)31-23(2,3)4)27-21(26-5)30-15-18-8-7-16(14-25)13-19(18)24/h6-8,13,17H,1,9-12,15H2,2-5H3/b26-21?,27-20+. The van der Waals surface area contributed by atoms with Crippen molar-refractivity contribution >= 4 is 17.8 Å². The molecule has 1 amide bonds. The van der Waals surface area contributed by atoms with Crippen molar-refractivity contribution in [3.05, 3.63) is 47.8 Å². The SMILES string of the molecule is C=C/C(=N\C(=NC)OCc1ccc(C#N)cc1F)C1CCN(C(=O)OC(C)(C)C)CC1. The van der Waals surface area contributed by atoms with Gasteiger partial charge in [0, 0.05) is 37.3 Å². The number of piperidine rings is 1. The van der Waals surface area contributed by atoms with Crippen molar-refractivity contribution in [2.75, 3.05) is 20.1 Å². The summed E-state index contributed by atoms with van der Waals surface area (Å²) in [6, 6.07) is 6.21. The molecule has 2 rings (SSSR count). The number of benzene rings is 1. The van der Waals surface area contributed by atoms with Gasteiger partial charge in [0.2, 0.25) is 0 Å². The molecule has 0 unspecified atom stereocenters. The van der Waals surface area contributed by atoms with E-state index in [2.05, 4.69) is 16.6 Å². The molecule has 0 atom stereocenters. The fourth-order valence-corrected chi connectivity index (χ4v) is 3.12. The first-order valence-electron chi connectivity index (χ1n) is 10.1. The number of aliphatic imine (C=N–C) groups is 2. The Bertz CT molecular complexity index is 904. The third-order valence-electron chi connectivity index (χ3n) is 4.73. The maximum Gasteiger partial charge on any atom is 0.410 e. The van der Waals surface area contributed by atoms with Crippen LogP contribution >= 0.6 is 0 Å². The highest BCUT2D eigenvalue weighted by molar-refractivity contribution is 6.03. The first-order chi connectivity index (χ1) is 14.7. The van der Waals surface area contributed by atoms with Crippen molar-refractivity contribution in [2.45, 2.75) is 45.8 Å². The predicted molar refractivity (Wildman–Crippen MR) is 117 cm³/mol. The van der Waals surface area contributed by atoms with Crippen molar-refractivity contribution in [3.8, 4) is 6.07 Å². The summed E-state index contributed by atoms with van der Waals surface area (Å²) in [5, 5.41) is 8.83. The van der Waals surface area contributed by atoms with Crippen molar-refractivity contribution in [3.63, 3.8) is 0 Å². The van der Waals surface area contributed by atoms with E-state index in [0.29, 0.717) is 37.2 Å². The third-order valence-corrected chi connectivity index (χ3v) is 4.73. The van der Waals surface area contributed by atoms with Crippen LogP contribution in [-0.2, 0) is 16.1 Å². The molecule has 0 spiro atoms. The van der Waals surface area contributed by atoms with Crippen molar-refractivity contribution < 1.29 is 18.7 Å². The lowest BCUT2D eigenvalue weighted by atomic mass is 9.92. The lowest BCUT2D eigenvalue weighted by molar-refractivity contribution is 0.0202. The molecule has 0 saturated carbocycles. The molecule has 0 aliphatic carbocycles. The molecule has 1 saturated heterocycles. The molecule has 0 bridgehead atoms. The molecule has 1 aromatic carbocycles. The zero-order chi connectivity index (χ0) is 23.0. The van der Waals surface area contributed by atoms with Gasteiger partial charge in [-0.2, -0.15) is 5.26 Å². The Morgan fingerprint density at radius 3 is 2.58 bits per heavy atom. The summed E-state index contributed by atoms with van der Waals surface area (Å²) in [6.07, 6.45) is 2.77. The smallest absolute Gasteiger partial charge is 0.410 e. The molecule has 31 heavy (non-hydrogen) atoms. The molecular formula is C23H29FN4O3. The number of amidine groups is 1. The normalized spacial score (nSPS) is 15.9. The van der Waals surface area contributed by atoms with E-state index in [4.69, 9.17) is 14.7 Å². The Balaban J connectivity index is 1.98. The molecule has 8 heteroatoms. The number of hydrogen-bond acceptors (Lipinski definition) is 5. The molecular weight excluding hydrogens is 399 g/mol. The zero-order valence-corrected chi connectivity index (χ0v) is 18.5. The first kappa shape index (κ1) is 24.1. The van der Waals surface area contributed by atoms with Crippen LogP contribution in [0.15, 0.2) is 40.8 Å². The molecule has 1 aliphatic rings. The van der Waals surface area contributed by atoms with Gasteiger partial charge in [0.05, 0.1) is 11.6 Å². The molecule has 1 fully saturated rings. The molecule has 1 aromatic rings. The van der Waals surface area contributed by atoms with Crippen LogP contribution in [0.25, 0.3) is 0 Å². The minimum atomic E-state index is -0.528. The summed E-state index contributed by atoms with van der Waals surface area (Å²) >= 11 is 0. The average Bonchev–Trinajstić information content (AvgIpc) is 2.73. The second-order valence-electron chi connectivity index (χ2n) is 8.20. The van der Waals surface area contributed by atoms with Crippen LogP contribution in [0.5, 0.6) is 0 Å². The highest BCUT2D eigenvalue weighted by atomic mass is 19.1. The lowest BCUT2D eigenvalue weighted by Gasteiger charge is -2.33. The second kappa shape index (κ2) is 10.7. The predicted octanol–water partition coefficient (Wildman–Crippen LogP) is 4.47. The van der Waals surface area contributed by atoms with Crippen molar-refractivity contribution in [1.29, 1.82) is 5.26 Å². The Kier molecular flexibility index (Phi) is 8.31. The van der Waals surface area contributed by atoms with E-state index in [1.807, 2.05) is 26.8 Å². The summed E-state index contributed by atoms with van der Waals surface area (Å²) in [5.74, 6) is -0.417. The van der Waals surface area contributed by atoms with Gasteiger partial charge in [-0.15, -0.1) is 0 Å². The van der Waals surface area contributed by atoms with Crippen LogP contribution in [0.4, 0.5) is 9.18 Å². The Morgan fingerprint density at radius 2 is 2.06 bits per heavy atom. The van der Waals surface area contributed by atoms with E-state index in [1.165, 1.54) is 18.2 Å². The zero-order valence-electron chi connectivity index (χ0n) is 18.5. The molecule has 1 aliphatic heterocycles. The van der Waals surface area contributed by atoms with Gasteiger partial charge >= 0.3 is 12.1 Å². The van der Waals surface area contributed by atoms with Gasteiger partial charge in [0.25, 0.3) is 0 Å². The van der Waals surface area contributed by atoms with Gasteiger partial charge in [0.1, 0.15) is 18.0 Å². The van der Waals surface area contributed by atoms with Crippen molar-refractivity contribution in [2.24, 2.45) is 15.9 Å². The molecule has 1 heterocycles. The summed E-state index contributed by atoms with van der Waals surface area (Å²) < 4.78 is 25.1. The fraction of sp³-hybridized carbons (Fsp3) is 0.478. The highest BCUT2D eigenvalue weighted by Crippen LogP contribution is 2.22. The Labute approximate surface area is 182 Å². The monoisotopic (exact) mass is 428 g/mol. The fourth-order valence-electron chi connectivity index (χ4n) is 3.12. The minimum absolute atomic E-state index is 0.0603. The number of rotatable bonds is 4. The number of nitrogens with zero attached hydrogens (tertiary/aromatic N) is 4. The first-order valence-corrected chi connectivity index (χ1v) is 10.1. The summed E-state index contributed by atoms with van der Waals surface area (Å²) in [6.45, 7) is 10.4. The number of hydrogen-bond donors (Lipinski definition) is 0. The maximum absolute atomic E-state index is 14.1. The van der Waals surface area contributed by atoms with E-state index < -0.39 is 11.4 Å². The van der Waals surface area contributed by atoms with Gasteiger partial charge in [-0.1, -0.05) is 12.6 Å². The Morgan fingerprint density at radius 1 is 1.39 bits per heavy atom. The molecule has 0 radical (unpaired) electrons. The summed E-state index contributed by atoms with van der Waals surface area (Å²) in [4.78, 5) is 22.4. The van der Waals surface area contributed by atoms with Crippen LogP contribution < -0.4 is 0 Å². The number of allylic oxidation sites excluding steroid dienone is 1. The van der Waals surface area contributed by atoms with Crippen LogP contribution in [-0.4, -0.2) is 48.5 Å². The number of carbonyl (C=O) groups excluding carboxylic acids is 1. The van der Waals surface area contributed by atoms with Crippen molar-refractivity contribution in [1.82, 2.24) is 4.90 Å². The average molecular weight is 429 g/mol. The number of ether oxygens (including phenoxy) is 2. The van der Waals surface area contributed by atoms with Gasteiger partial charge in [-0.05, 0) is 51.8 Å². The van der Waals surface area contributed by atoms with Crippen LogP contribution in [0.1, 0.15) is 44.7 Å². The summed E-state index contributed by atoms with van der Waals surface area (Å²) in [5.41, 5.74) is 0.737. The second-order valence-corrected chi connectivity index (χ2v) is 8.20. The molecule has 7 nitrogen and oxygen atoms in total. The van der Waals surface area contributed by atoms with Crippen LogP contribution in [0, 0.1) is 23.1 Å². The number of amides is 1. The van der Waals surface area contributed by atoms with E-state index in [9.17, 15) is 9.18 Å². The van der Waals surface area contributed by atoms with Gasteiger partial charge in [-0.3, -0.25) is 0 Å². The summed E-state index contributed by atoms with van der Waals surface area (Å²) in [7, 11) is 1.54. The van der Waals surface area contributed by atoms with E-state index >= 15 is 0 Å². The molecule has 0 aromatic heterocycles. The molecule has 166 valence electrons. The Hall–Kier alpha value is -3.21. The largest absolute Gasteiger partial charge is 0.459 e. The van der Waals surface area contributed by atoms with E-state index in [-0.39, 0.29) is 30.2 Å². The molecule has 0 N–H and O–H groups in total. The number of likely N-dealkylation sites (tertiary alicyclic amines) is 1. The minimum Gasteiger partial charge on any atom is -0.459 e.